The Labute approximate surface area is 102 Å². The molecular weight excluding hydrogens is 274 g/mol. The van der Waals surface area contributed by atoms with Crippen LogP contribution in [0.5, 0.6) is 11.5 Å². The van der Waals surface area contributed by atoms with E-state index in [9.17, 15) is 0 Å². The van der Waals surface area contributed by atoms with Crippen LogP contribution in [0.1, 0.15) is 17.2 Å². The van der Waals surface area contributed by atoms with E-state index in [1.165, 1.54) is 0 Å². The van der Waals surface area contributed by atoms with Gasteiger partial charge in [-0.3, -0.25) is 0 Å². The van der Waals surface area contributed by atoms with Gasteiger partial charge < -0.3 is 20.3 Å². The summed E-state index contributed by atoms with van der Waals surface area (Å²) in [6, 6.07) is 1.48. The molecule has 1 aliphatic rings. The number of fused-ring (bicyclic) bond motifs is 1. The minimum absolute atomic E-state index is 0.0904. The van der Waals surface area contributed by atoms with Crippen molar-refractivity contribution < 1.29 is 14.6 Å². The highest BCUT2D eigenvalue weighted by molar-refractivity contribution is 9.10. The highest BCUT2D eigenvalue weighted by Crippen LogP contribution is 2.42. The molecule has 0 spiro atoms. The number of aliphatic hydroxyl groups is 1. The zero-order chi connectivity index (χ0) is 11.7. The summed E-state index contributed by atoms with van der Waals surface area (Å²) >= 11 is 3.42. The Morgan fingerprint density at radius 2 is 2.06 bits per heavy atom. The van der Waals surface area contributed by atoms with Gasteiger partial charge in [-0.2, -0.15) is 0 Å². The van der Waals surface area contributed by atoms with Crippen LogP contribution in [-0.4, -0.2) is 24.9 Å². The summed E-state index contributed by atoms with van der Waals surface area (Å²) in [4.78, 5) is 0. The predicted molar refractivity (Wildman–Crippen MR) is 63.9 cm³/mol. The molecule has 0 saturated heterocycles. The average Bonchev–Trinajstić information content (AvgIpc) is 2.33. The molecule has 4 nitrogen and oxygen atoms in total. The maximum atomic E-state index is 9.10. The summed E-state index contributed by atoms with van der Waals surface area (Å²) in [6.07, 6.45) is 0. The van der Waals surface area contributed by atoms with E-state index in [1.807, 2.05) is 13.0 Å². The van der Waals surface area contributed by atoms with Gasteiger partial charge in [0.15, 0.2) is 11.5 Å². The van der Waals surface area contributed by atoms with Crippen LogP contribution in [0.25, 0.3) is 0 Å². The number of ether oxygens (including phenoxy) is 2. The van der Waals surface area contributed by atoms with Crippen LogP contribution < -0.4 is 15.2 Å². The molecule has 3 N–H and O–H groups in total. The molecule has 0 saturated carbocycles. The van der Waals surface area contributed by atoms with Crippen LogP contribution in [0.4, 0.5) is 0 Å². The fraction of sp³-hybridized carbons (Fsp3) is 0.455. The highest BCUT2D eigenvalue weighted by atomic mass is 79.9. The van der Waals surface area contributed by atoms with E-state index < -0.39 is 6.04 Å². The van der Waals surface area contributed by atoms with Crippen molar-refractivity contribution in [3.8, 4) is 11.5 Å². The Hall–Kier alpha value is -0.780. The summed E-state index contributed by atoms with van der Waals surface area (Å²) in [6.45, 7) is 2.92. The van der Waals surface area contributed by atoms with Gasteiger partial charge >= 0.3 is 0 Å². The number of nitrogens with two attached hydrogens (primary N) is 1. The molecular formula is C11H14BrNO3. The minimum Gasteiger partial charge on any atom is -0.486 e. The van der Waals surface area contributed by atoms with E-state index in [1.54, 1.807) is 0 Å². The van der Waals surface area contributed by atoms with Gasteiger partial charge in [-0.15, -0.1) is 0 Å². The van der Waals surface area contributed by atoms with Gasteiger partial charge in [-0.05, 0) is 40.0 Å². The van der Waals surface area contributed by atoms with Gasteiger partial charge in [0, 0.05) is 0 Å². The number of halogens is 1. The Balaban J connectivity index is 2.53. The summed E-state index contributed by atoms with van der Waals surface area (Å²) in [5.74, 6) is 1.44. The van der Waals surface area contributed by atoms with Crippen molar-refractivity contribution >= 4 is 15.9 Å². The van der Waals surface area contributed by atoms with E-state index in [-0.39, 0.29) is 6.61 Å². The monoisotopic (exact) mass is 287 g/mol. The lowest BCUT2D eigenvalue weighted by Crippen LogP contribution is -2.20. The third kappa shape index (κ3) is 1.90. The van der Waals surface area contributed by atoms with E-state index in [0.29, 0.717) is 13.2 Å². The second-order valence-electron chi connectivity index (χ2n) is 3.72. The SMILES string of the molecule is Cc1c(C(N)CO)cc(Br)c2c1OCCO2. The molecule has 2 rings (SSSR count). The Morgan fingerprint density at radius 1 is 1.44 bits per heavy atom. The molecule has 1 atom stereocenters. The van der Waals surface area contributed by atoms with Gasteiger partial charge in [-0.1, -0.05) is 0 Å². The van der Waals surface area contributed by atoms with Crippen LogP contribution in [0, 0.1) is 6.92 Å². The van der Waals surface area contributed by atoms with Gasteiger partial charge in [-0.25, -0.2) is 0 Å². The zero-order valence-electron chi connectivity index (χ0n) is 9.00. The largest absolute Gasteiger partial charge is 0.486 e. The number of rotatable bonds is 2. The van der Waals surface area contributed by atoms with E-state index in [4.69, 9.17) is 20.3 Å². The molecule has 0 bridgehead atoms. The summed E-state index contributed by atoms with van der Waals surface area (Å²) in [5.41, 5.74) is 7.63. The maximum Gasteiger partial charge on any atom is 0.175 e. The van der Waals surface area contributed by atoms with Gasteiger partial charge in [0.1, 0.15) is 13.2 Å². The molecule has 0 aliphatic carbocycles. The molecule has 0 radical (unpaired) electrons. The predicted octanol–water partition coefficient (Wildman–Crippen LogP) is 1.52. The first kappa shape index (κ1) is 11.7. The molecule has 1 unspecified atom stereocenters. The second-order valence-corrected chi connectivity index (χ2v) is 4.57. The van der Waals surface area contributed by atoms with Crippen molar-refractivity contribution in [1.82, 2.24) is 0 Å². The third-order valence-electron chi connectivity index (χ3n) is 2.65. The third-order valence-corrected chi connectivity index (χ3v) is 3.24. The van der Waals surface area contributed by atoms with Crippen molar-refractivity contribution in [3.05, 3.63) is 21.7 Å². The molecule has 0 aromatic heterocycles. The number of benzene rings is 1. The molecule has 88 valence electrons. The van der Waals surface area contributed by atoms with Crippen molar-refractivity contribution in [3.63, 3.8) is 0 Å². The number of hydrogen-bond acceptors (Lipinski definition) is 4. The lowest BCUT2D eigenvalue weighted by atomic mass is 10.0. The van der Waals surface area contributed by atoms with E-state index in [2.05, 4.69) is 15.9 Å². The summed E-state index contributed by atoms with van der Waals surface area (Å²) in [7, 11) is 0. The first-order valence-electron chi connectivity index (χ1n) is 5.10. The normalized spacial score (nSPS) is 16.0. The van der Waals surface area contributed by atoms with Crippen molar-refractivity contribution in [2.45, 2.75) is 13.0 Å². The Morgan fingerprint density at radius 3 is 2.69 bits per heavy atom. The smallest absolute Gasteiger partial charge is 0.175 e. The van der Waals surface area contributed by atoms with Crippen LogP contribution in [-0.2, 0) is 0 Å². The summed E-state index contributed by atoms with van der Waals surface area (Å²) < 4.78 is 11.9. The van der Waals surface area contributed by atoms with Crippen molar-refractivity contribution in [2.75, 3.05) is 19.8 Å². The molecule has 1 aliphatic heterocycles. The molecule has 1 heterocycles. The molecule has 16 heavy (non-hydrogen) atoms. The standard InChI is InChI=1S/C11H14BrNO3/c1-6-7(9(13)5-14)4-8(12)11-10(6)15-2-3-16-11/h4,9,14H,2-3,5,13H2,1H3. The zero-order valence-corrected chi connectivity index (χ0v) is 10.6. The van der Waals surface area contributed by atoms with Crippen LogP contribution in [0.15, 0.2) is 10.5 Å². The fourth-order valence-corrected chi connectivity index (χ4v) is 2.34. The Kier molecular flexibility index (Phi) is 3.37. The molecule has 0 fully saturated rings. The highest BCUT2D eigenvalue weighted by Gasteiger charge is 2.22. The Bertz CT molecular complexity index is 409. The maximum absolute atomic E-state index is 9.10. The quantitative estimate of drug-likeness (QED) is 0.866. The molecule has 0 amide bonds. The first-order valence-corrected chi connectivity index (χ1v) is 5.89. The second kappa shape index (κ2) is 4.61. The summed E-state index contributed by atoms with van der Waals surface area (Å²) in [5, 5.41) is 9.10. The number of aliphatic hydroxyl groups excluding tert-OH is 1. The van der Waals surface area contributed by atoms with E-state index >= 15 is 0 Å². The lowest BCUT2D eigenvalue weighted by molar-refractivity contribution is 0.168. The van der Waals surface area contributed by atoms with Gasteiger partial charge in [0.05, 0.1) is 17.1 Å². The van der Waals surface area contributed by atoms with Crippen molar-refractivity contribution in [2.24, 2.45) is 5.73 Å². The number of hydrogen-bond donors (Lipinski definition) is 2. The fourth-order valence-electron chi connectivity index (χ4n) is 1.80. The average molecular weight is 288 g/mol. The van der Waals surface area contributed by atoms with Crippen LogP contribution in [0.2, 0.25) is 0 Å². The molecule has 1 aromatic carbocycles. The van der Waals surface area contributed by atoms with Crippen molar-refractivity contribution in [1.29, 1.82) is 0 Å². The minimum atomic E-state index is -0.396. The van der Waals surface area contributed by atoms with E-state index in [0.717, 1.165) is 27.1 Å². The topological polar surface area (TPSA) is 64.7 Å². The molecule has 5 heteroatoms. The lowest BCUT2D eigenvalue weighted by Gasteiger charge is -2.24. The van der Waals surface area contributed by atoms with Crippen LogP contribution in [0.3, 0.4) is 0 Å². The first-order chi connectivity index (χ1) is 7.65. The molecule has 1 aromatic rings. The van der Waals surface area contributed by atoms with Gasteiger partial charge in [0.25, 0.3) is 0 Å². The van der Waals surface area contributed by atoms with Gasteiger partial charge in [0.2, 0.25) is 0 Å². The van der Waals surface area contributed by atoms with Crippen LogP contribution >= 0.6 is 15.9 Å².